The maximum Gasteiger partial charge on any atom is 0.262 e. The highest BCUT2D eigenvalue weighted by atomic mass is 32.2. The van der Waals surface area contributed by atoms with E-state index in [1.165, 1.54) is 22.4 Å². The average Bonchev–Trinajstić information content (AvgIpc) is 3.47. The quantitative estimate of drug-likeness (QED) is 0.623. The van der Waals surface area contributed by atoms with E-state index in [-0.39, 0.29) is 10.9 Å². The van der Waals surface area contributed by atoms with Gasteiger partial charge < -0.3 is 9.30 Å². The molecular weight excluding hydrogens is 402 g/mol. The Kier molecular flexibility index (Phi) is 5.66. The molecule has 0 saturated carbocycles. The Balaban J connectivity index is 1.36. The van der Waals surface area contributed by atoms with Crippen LogP contribution in [-0.4, -0.2) is 45.6 Å². The lowest BCUT2D eigenvalue weighted by atomic mass is 10.0. The van der Waals surface area contributed by atoms with Crippen LogP contribution in [0.3, 0.4) is 0 Å². The summed E-state index contributed by atoms with van der Waals surface area (Å²) in [5.41, 5.74) is 3.00. The maximum absolute atomic E-state index is 12.8. The first-order valence-corrected chi connectivity index (χ1v) is 11.5. The Bertz CT molecular complexity index is 1100. The van der Waals surface area contributed by atoms with E-state index in [2.05, 4.69) is 41.2 Å². The molecule has 8 nitrogen and oxygen atoms in total. The number of imidazole rings is 1. The van der Waals surface area contributed by atoms with Gasteiger partial charge in [-0.15, -0.1) is 0 Å². The number of nitrogens with one attached hydrogen (secondary N) is 1. The molecule has 1 aromatic carbocycles. The summed E-state index contributed by atoms with van der Waals surface area (Å²) in [7, 11) is -1.81. The largest absolute Gasteiger partial charge is 0.487 e. The van der Waals surface area contributed by atoms with Crippen LogP contribution < -0.4 is 4.74 Å². The third-order valence-electron chi connectivity index (χ3n) is 5.45. The second-order valence-corrected chi connectivity index (χ2v) is 9.94. The fourth-order valence-electron chi connectivity index (χ4n) is 3.61. The number of aryl methyl sites for hydroxylation is 1. The summed E-state index contributed by atoms with van der Waals surface area (Å²) in [6.07, 6.45) is 3.75. The van der Waals surface area contributed by atoms with Crippen LogP contribution in [0.1, 0.15) is 49.1 Å². The molecule has 4 rings (SSSR count). The summed E-state index contributed by atoms with van der Waals surface area (Å²) in [4.78, 5) is 4.00. The van der Waals surface area contributed by atoms with Gasteiger partial charge in [-0.3, -0.25) is 5.10 Å². The lowest BCUT2D eigenvalue weighted by Crippen LogP contribution is -2.29. The van der Waals surface area contributed by atoms with Crippen molar-refractivity contribution in [1.29, 1.82) is 0 Å². The molecule has 9 heteroatoms. The van der Waals surface area contributed by atoms with Gasteiger partial charge in [-0.05, 0) is 36.1 Å². The molecule has 3 aromatic rings. The van der Waals surface area contributed by atoms with Gasteiger partial charge in [0.2, 0.25) is 0 Å². The molecule has 30 heavy (non-hydrogen) atoms. The van der Waals surface area contributed by atoms with E-state index in [4.69, 9.17) is 4.74 Å². The minimum absolute atomic E-state index is 0.0545. The lowest BCUT2D eigenvalue weighted by Gasteiger charge is -2.14. The molecule has 1 saturated heterocycles. The number of nitrogens with zero attached hydrogens (tertiary/aromatic N) is 4. The first-order valence-electron chi connectivity index (χ1n) is 10.1. The van der Waals surface area contributed by atoms with Crippen molar-refractivity contribution in [3.63, 3.8) is 0 Å². The van der Waals surface area contributed by atoms with Crippen molar-refractivity contribution in [1.82, 2.24) is 24.1 Å². The number of ether oxygens (including phenoxy) is 1. The second-order valence-electron chi connectivity index (χ2n) is 8.06. The topological polar surface area (TPSA) is 93.1 Å². The number of hydrogen-bond donors (Lipinski definition) is 1. The zero-order valence-corrected chi connectivity index (χ0v) is 18.3. The molecule has 1 unspecified atom stereocenters. The second kappa shape index (κ2) is 8.23. The van der Waals surface area contributed by atoms with Crippen LogP contribution in [0.15, 0.2) is 47.9 Å². The summed E-state index contributed by atoms with van der Waals surface area (Å²) in [5.74, 6) is 1.35. The molecule has 2 aromatic heterocycles. The molecule has 1 aliphatic heterocycles. The van der Waals surface area contributed by atoms with E-state index < -0.39 is 10.0 Å². The van der Waals surface area contributed by atoms with E-state index in [0.717, 1.165) is 23.6 Å². The van der Waals surface area contributed by atoms with Crippen LogP contribution >= 0.6 is 0 Å². The molecular formula is C21H27N5O3S. The van der Waals surface area contributed by atoms with Crippen LogP contribution in [0.25, 0.3) is 0 Å². The van der Waals surface area contributed by atoms with Gasteiger partial charge in [-0.2, -0.15) is 9.40 Å². The molecule has 0 radical (unpaired) electrons. The number of benzene rings is 1. The fourth-order valence-corrected chi connectivity index (χ4v) is 5.08. The third kappa shape index (κ3) is 4.27. The van der Waals surface area contributed by atoms with E-state index in [0.29, 0.717) is 25.6 Å². The summed E-state index contributed by atoms with van der Waals surface area (Å²) < 4.78 is 34.5. The van der Waals surface area contributed by atoms with Gasteiger partial charge in [0.25, 0.3) is 10.0 Å². The van der Waals surface area contributed by atoms with Crippen LogP contribution in [-0.2, 0) is 23.7 Å². The predicted octanol–water partition coefficient (Wildman–Crippen LogP) is 3.02. The third-order valence-corrected chi connectivity index (χ3v) is 7.20. The molecule has 3 heterocycles. The first kappa shape index (κ1) is 20.6. The summed E-state index contributed by atoms with van der Waals surface area (Å²) in [6, 6.07) is 10.1. The van der Waals surface area contributed by atoms with Gasteiger partial charge in [0.05, 0.1) is 17.7 Å². The first-order chi connectivity index (χ1) is 14.3. The van der Waals surface area contributed by atoms with Crippen molar-refractivity contribution < 1.29 is 13.2 Å². The fraction of sp³-hybridized carbons (Fsp3) is 0.429. The number of aromatic nitrogens is 4. The molecule has 1 N–H and O–H groups in total. The number of H-pyrrole nitrogens is 1. The van der Waals surface area contributed by atoms with Gasteiger partial charge >= 0.3 is 0 Å². The van der Waals surface area contributed by atoms with E-state index in [1.54, 1.807) is 11.6 Å². The molecule has 0 amide bonds. The van der Waals surface area contributed by atoms with Gasteiger partial charge in [0.1, 0.15) is 12.4 Å². The summed E-state index contributed by atoms with van der Waals surface area (Å²) in [6.45, 7) is 5.57. The standard InChI is InChI=1S/C21H27N5O3S/c1-15(2)16-4-6-19(7-5-16)29-13-18-10-20(24-23-18)17-8-9-26(11-17)30(27,28)21-12-25(3)14-22-21/h4-7,10,12,14-15,17H,8-9,11,13H2,1-3H3,(H,23,24). The van der Waals surface area contributed by atoms with Gasteiger partial charge in [-0.25, -0.2) is 13.4 Å². The highest BCUT2D eigenvalue weighted by molar-refractivity contribution is 7.89. The van der Waals surface area contributed by atoms with Crippen molar-refractivity contribution >= 4 is 10.0 Å². The smallest absolute Gasteiger partial charge is 0.262 e. The van der Waals surface area contributed by atoms with Crippen LogP contribution in [0, 0.1) is 0 Å². The summed E-state index contributed by atoms with van der Waals surface area (Å²) >= 11 is 0. The monoisotopic (exact) mass is 429 g/mol. The van der Waals surface area contributed by atoms with Crippen LogP contribution in [0.5, 0.6) is 5.75 Å². The number of aromatic amines is 1. The predicted molar refractivity (Wildman–Crippen MR) is 113 cm³/mol. The zero-order chi connectivity index (χ0) is 21.3. The minimum Gasteiger partial charge on any atom is -0.487 e. The Labute approximate surface area is 176 Å². The van der Waals surface area contributed by atoms with Crippen molar-refractivity contribution in [3.8, 4) is 5.75 Å². The maximum atomic E-state index is 12.8. The van der Waals surface area contributed by atoms with Crippen LogP contribution in [0.2, 0.25) is 0 Å². The minimum atomic E-state index is -3.57. The molecule has 1 atom stereocenters. The Morgan fingerprint density at radius 1 is 1.27 bits per heavy atom. The normalized spacial score (nSPS) is 17.7. The Morgan fingerprint density at radius 2 is 2.03 bits per heavy atom. The number of rotatable bonds is 7. The van der Waals surface area contributed by atoms with Crippen molar-refractivity contribution in [2.24, 2.45) is 7.05 Å². The SMILES string of the molecule is CC(C)c1ccc(OCc2cc(C3CCN(S(=O)(=O)c4cn(C)cn4)C3)n[nH]2)cc1. The highest BCUT2D eigenvalue weighted by Crippen LogP contribution is 2.30. The van der Waals surface area contributed by atoms with Gasteiger partial charge in [0, 0.05) is 32.3 Å². The average molecular weight is 430 g/mol. The summed E-state index contributed by atoms with van der Waals surface area (Å²) in [5, 5.41) is 7.50. The molecule has 0 bridgehead atoms. The van der Waals surface area contributed by atoms with Crippen molar-refractivity contribution in [2.75, 3.05) is 13.1 Å². The molecule has 160 valence electrons. The molecule has 0 aliphatic carbocycles. The van der Waals surface area contributed by atoms with Crippen molar-refractivity contribution in [2.45, 2.75) is 43.7 Å². The van der Waals surface area contributed by atoms with E-state index in [1.807, 2.05) is 18.2 Å². The van der Waals surface area contributed by atoms with Crippen LogP contribution in [0.4, 0.5) is 0 Å². The lowest BCUT2D eigenvalue weighted by molar-refractivity contribution is 0.301. The van der Waals surface area contributed by atoms with E-state index >= 15 is 0 Å². The van der Waals surface area contributed by atoms with Gasteiger partial charge in [-0.1, -0.05) is 26.0 Å². The van der Waals surface area contributed by atoms with Gasteiger partial charge in [0.15, 0.2) is 5.03 Å². The van der Waals surface area contributed by atoms with Crippen molar-refractivity contribution in [3.05, 3.63) is 59.8 Å². The zero-order valence-electron chi connectivity index (χ0n) is 17.4. The molecule has 0 spiro atoms. The molecule has 1 fully saturated rings. The Morgan fingerprint density at radius 3 is 2.70 bits per heavy atom. The molecule has 1 aliphatic rings. The number of sulfonamides is 1. The van der Waals surface area contributed by atoms with E-state index in [9.17, 15) is 8.42 Å². The Hall–Kier alpha value is -2.65. The highest BCUT2D eigenvalue weighted by Gasteiger charge is 2.35. The number of hydrogen-bond acceptors (Lipinski definition) is 5.